The first-order valence-corrected chi connectivity index (χ1v) is 8.13. The maximum absolute atomic E-state index is 6.23. The number of fused-ring (bicyclic) bond motifs is 1. The zero-order chi connectivity index (χ0) is 15.6. The molecule has 1 unspecified atom stereocenters. The molecule has 0 amide bonds. The van der Waals surface area contributed by atoms with Gasteiger partial charge in [0.15, 0.2) is 0 Å². The Balaban J connectivity index is 2.34. The molecule has 0 bridgehead atoms. The summed E-state index contributed by atoms with van der Waals surface area (Å²) in [6.45, 7) is 13.7. The molecule has 3 heteroatoms. The number of ether oxygens (including phenoxy) is 1. The summed E-state index contributed by atoms with van der Waals surface area (Å²) in [6, 6.07) is 6.74. The molecule has 0 fully saturated rings. The Hall–Kier alpha value is -1.06. The average Bonchev–Trinajstić information content (AvgIpc) is 2.72. The lowest BCUT2D eigenvalue weighted by Crippen LogP contribution is -2.36. The molecule has 0 aliphatic carbocycles. The molecule has 1 aromatic carbocycles. The summed E-state index contributed by atoms with van der Waals surface area (Å²) < 4.78 is 6.23. The van der Waals surface area contributed by atoms with Crippen molar-refractivity contribution in [3.05, 3.63) is 29.3 Å². The van der Waals surface area contributed by atoms with Crippen LogP contribution >= 0.6 is 0 Å². The summed E-state index contributed by atoms with van der Waals surface area (Å²) >= 11 is 0. The van der Waals surface area contributed by atoms with Crippen molar-refractivity contribution in [3.8, 4) is 5.75 Å². The maximum Gasteiger partial charge on any atom is 0.128 e. The molecule has 2 rings (SSSR count). The van der Waals surface area contributed by atoms with Crippen LogP contribution in [0.25, 0.3) is 0 Å². The number of hydrogen-bond donors (Lipinski definition) is 1. The predicted molar refractivity (Wildman–Crippen MR) is 88.7 cm³/mol. The van der Waals surface area contributed by atoms with Crippen molar-refractivity contribution in [2.45, 2.75) is 52.7 Å². The molecule has 0 saturated carbocycles. The van der Waals surface area contributed by atoms with E-state index in [1.165, 1.54) is 11.1 Å². The number of rotatable bonds is 6. The van der Waals surface area contributed by atoms with Crippen LogP contribution in [0.1, 0.15) is 51.8 Å². The van der Waals surface area contributed by atoms with Crippen LogP contribution in [0, 0.1) is 5.92 Å². The van der Waals surface area contributed by atoms with Crippen molar-refractivity contribution < 1.29 is 4.74 Å². The van der Waals surface area contributed by atoms with E-state index in [0.717, 1.165) is 25.3 Å². The second kappa shape index (κ2) is 6.37. The fraction of sp³-hybridized carbons (Fsp3) is 0.667. The second-order valence-electron chi connectivity index (χ2n) is 7.11. The second-order valence-corrected chi connectivity index (χ2v) is 7.11. The minimum absolute atomic E-state index is 0.104. The van der Waals surface area contributed by atoms with Crippen LogP contribution in [-0.2, 0) is 6.42 Å². The van der Waals surface area contributed by atoms with Crippen LogP contribution in [-0.4, -0.2) is 30.1 Å². The predicted octanol–water partition coefficient (Wildman–Crippen LogP) is 3.38. The van der Waals surface area contributed by atoms with Gasteiger partial charge in [0.25, 0.3) is 0 Å². The Bertz CT molecular complexity index is 482. The van der Waals surface area contributed by atoms with Gasteiger partial charge >= 0.3 is 0 Å². The highest BCUT2D eigenvalue weighted by Gasteiger charge is 2.34. The fourth-order valence-electron chi connectivity index (χ4n) is 3.32. The molecule has 3 nitrogen and oxygen atoms in total. The van der Waals surface area contributed by atoms with Crippen LogP contribution < -0.4 is 10.5 Å². The monoisotopic (exact) mass is 290 g/mol. The largest absolute Gasteiger partial charge is 0.487 e. The summed E-state index contributed by atoms with van der Waals surface area (Å²) in [5.41, 5.74) is 8.59. The first-order valence-electron chi connectivity index (χ1n) is 8.13. The Kier molecular flexibility index (Phi) is 4.95. The molecule has 0 aromatic heterocycles. The standard InChI is InChI=1S/C18H30N2O/c1-6-20(12-13(2)3)16(11-19)15-9-7-8-14-10-18(4,5)21-17(14)15/h7-9,13,16H,6,10-12,19H2,1-5H3. The van der Waals surface area contributed by atoms with E-state index in [-0.39, 0.29) is 11.6 Å². The summed E-state index contributed by atoms with van der Waals surface area (Å²) in [7, 11) is 0. The van der Waals surface area contributed by atoms with Gasteiger partial charge in [0.1, 0.15) is 11.4 Å². The summed E-state index contributed by atoms with van der Waals surface area (Å²) in [6.07, 6.45) is 0.976. The molecular formula is C18H30N2O. The smallest absolute Gasteiger partial charge is 0.128 e. The Labute approximate surface area is 129 Å². The first kappa shape index (κ1) is 16.3. The van der Waals surface area contributed by atoms with Gasteiger partial charge in [-0.25, -0.2) is 0 Å². The molecule has 0 radical (unpaired) electrons. The van der Waals surface area contributed by atoms with Crippen LogP contribution in [0.5, 0.6) is 5.75 Å². The van der Waals surface area contributed by atoms with Gasteiger partial charge in [0, 0.05) is 25.1 Å². The molecule has 1 aliphatic rings. The van der Waals surface area contributed by atoms with Gasteiger partial charge in [-0.15, -0.1) is 0 Å². The van der Waals surface area contributed by atoms with E-state index >= 15 is 0 Å². The van der Waals surface area contributed by atoms with E-state index < -0.39 is 0 Å². The minimum Gasteiger partial charge on any atom is -0.487 e. The zero-order valence-corrected chi connectivity index (χ0v) is 14.1. The fourth-order valence-corrected chi connectivity index (χ4v) is 3.32. The summed E-state index contributed by atoms with van der Waals surface area (Å²) in [5, 5.41) is 0. The highest BCUT2D eigenvalue weighted by molar-refractivity contribution is 5.47. The van der Waals surface area contributed by atoms with Crippen LogP contribution in [0.15, 0.2) is 18.2 Å². The molecule has 0 spiro atoms. The molecule has 1 aromatic rings. The van der Waals surface area contributed by atoms with E-state index in [1.54, 1.807) is 0 Å². The minimum atomic E-state index is -0.104. The van der Waals surface area contributed by atoms with E-state index in [4.69, 9.17) is 10.5 Å². The van der Waals surface area contributed by atoms with E-state index in [0.29, 0.717) is 12.5 Å². The van der Waals surface area contributed by atoms with Crippen LogP contribution in [0.2, 0.25) is 0 Å². The molecule has 21 heavy (non-hydrogen) atoms. The van der Waals surface area contributed by atoms with Crippen molar-refractivity contribution >= 4 is 0 Å². The third kappa shape index (κ3) is 3.58. The van der Waals surface area contributed by atoms with E-state index in [9.17, 15) is 0 Å². The van der Waals surface area contributed by atoms with Crippen LogP contribution in [0.4, 0.5) is 0 Å². The number of benzene rings is 1. The third-order valence-corrected chi connectivity index (χ3v) is 4.15. The molecular weight excluding hydrogens is 260 g/mol. The number of hydrogen-bond acceptors (Lipinski definition) is 3. The zero-order valence-electron chi connectivity index (χ0n) is 14.1. The van der Waals surface area contributed by atoms with Gasteiger partial charge in [0.05, 0.1) is 6.04 Å². The lowest BCUT2D eigenvalue weighted by atomic mass is 9.97. The Morgan fingerprint density at radius 3 is 2.62 bits per heavy atom. The van der Waals surface area contributed by atoms with Crippen LogP contribution in [0.3, 0.4) is 0 Å². The van der Waals surface area contributed by atoms with Crippen molar-refractivity contribution in [1.29, 1.82) is 0 Å². The molecule has 118 valence electrons. The maximum atomic E-state index is 6.23. The first-order chi connectivity index (χ1) is 9.88. The molecule has 1 heterocycles. The van der Waals surface area contributed by atoms with Gasteiger partial charge < -0.3 is 10.5 Å². The lowest BCUT2D eigenvalue weighted by molar-refractivity contribution is 0.130. The summed E-state index contributed by atoms with van der Waals surface area (Å²) in [5.74, 6) is 1.70. The molecule has 0 saturated heterocycles. The highest BCUT2D eigenvalue weighted by Crippen LogP contribution is 2.41. The Morgan fingerprint density at radius 1 is 1.33 bits per heavy atom. The van der Waals surface area contributed by atoms with E-state index in [2.05, 4.69) is 57.7 Å². The van der Waals surface area contributed by atoms with Gasteiger partial charge in [-0.1, -0.05) is 39.0 Å². The number of para-hydroxylation sites is 1. The van der Waals surface area contributed by atoms with Crippen molar-refractivity contribution in [1.82, 2.24) is 4.90 Å². The molecule has 1 atom stereocenters. The van der Waals surface area contributed by atoms with Crippen molar-refractivity contribution in [2.75, 3.05) is 19.6 Å². The summed E-state index contributed by atoms with van der Waals surface area (Å²) in [4.78, 5) is 2.47. The average molecular weight is 290 g/mol. The Morgan fingerprint density at radius 2 is 2.05 bits per heavy atom. The molecule has 2 N–H and O–H groups in total. The van der Waals surface area contributed by atoms with Crippen molar-refractivity contribution in [3.63, 3.8) is 0 Å². The SMILES string of the molecule is CCN(CC(C)C)C(CN)c1cccc2c1OC(C)(C)C2. The van der Waals surface area contributed by atoms with Gasteiger partial charge in [-0.05, 0) is 31.9 Å². The van der Waals surface area contributed by atoms with Crippen molar-refractivity contribution in [2.24, 2.45) is 11.7 Å². The topological polar surface area (TPSA) is 38.5 Å². The highest BCUT2D eigenvalue weighted by atomic mass is 16.5. The number of nitrogens with two attached hydrogens (primary N) is 1. The molecule has 1 aliphatic heterocycles. The number of nitrogens with zero attached hydrogens (tertiary/aromatic N) is 1. The van der Waals surface area contributed by atoms with Gasteiger partial charge in [0.2, 0.25) is 0 Å². The van der Waals surface area contributed by atoms with E-state index in [1.807, 2.05) is 0 Å². The van der Waals surface area contributed by atoms with Gasteiger partial charge in [-0.3, -0.25) is 4.90 Å². The lowest BCUT2D eigenvalue weighted by Gasteiger charge is -2.32. The number of likely N-dealkylation sites (N-methyl/N-ethyl adjacent to an activating group) is 1. The quantitative estimate of drug-likeness (QED) is 0.873. The van der Waals surface area contributed by atoms with Gasteiger partial charge in [-0.2, -0.15) is 0 Å². The third-order valence-electron chi connectivity index (χ3n) is 4.15. The normalized spacial score (nSPS) is 17.9.